The molecule has 0 aliphatic heterocycles. The summed E-state index contributed by atoms with van der Waals surface area (Å²) >= 11 is 4.20. The molecule has 0 amide bonds. The molecule has 0 spiro atoms. The van der Waals surface area contributed by atoms with E-state index >= 15 is 0 Å². The molecule has 0 fully saturated rings. The number of hydrogen-bond donors (Lipinski definition) is 1. The zero-order chi connectivity index (χ0) is 18.2. The Morgan fingerprint density at radius 2 is 0.960 bits per heavy atom. The summed E-state index contributed by atoms with van der Waals surface area (Å²) in [5.41, 5.74) is 0. The molecule has 0 rings (SSSR count). The second-order valence-electron chi connectivity index (χ2n) is 4.86. The van der Waals surface area contributed by atoms with Crippen molar-refractivity contribution in [1.29, 1.82) is 0 Å². The Morgan fingerprint density at radius 3 is 1.20 bits per heavy atom. The summed E-state index contributed by atoms with van der Waals surface area (Å²) in [4.78, 5) is 0. The Balaban J connectivity index is -0.000000168. The van der Waals surface area contributed by atoms with Crippen LogP contribution in [0.3, 0.4) is 0 Å². The van der Waals surface area contributed by atoms with Gasteiger partial charge in [0.15, 0.2) is 0 Å². The summed E-state index contributed by atoms with van der Waals surface area (Å²) in [7, 11) is -10.6. The zero-order valence-corrected chi connectivity index (χ0v) is 24.1. The second-order valence-corrected chi connectivity index (χ2v) is 7.21. The maximum Gasteiger partial charge on any atom is 1.00 e. The predicted octanol–water partition coefficient (Wildman–Crippen LogP) is -3.30. The molecule has 8 nitrogen and oxygen atoms in total. The van der Waals surface area contributed by atoms with E-state index < -0.39 is 20.8 Å². The predicted molar refractivity (Wildman–Crippen MR) is 87.3 cm³/mol. The first-order valence-electron chi connectivity index (χ1n) is 7.52. The van der Waals surface area contributed by atoms with Crippen molar-refractivity contribution in [2.75, 3.05) is 5.75 Å². The first kappa shape index (κ1) is 35.8. The van der Waals surface area contributed by atoms with Crippen molar-refractivity contribution in [2.45, 2.75) is 71.1 Å². The van der Waals surface area contributed by atoms with Gasteiger partial charge in [-0.2, -0.15) is 12.6 Å². The van der Waals surface area contributed by atoms with Crippen LogP contribution < -0.4 is 103 Å². The molecular formula is C12H26K2O8S3. The third-order valence-electron chi connectivity index (χ3n) is 2.71. The molecular weight excluding hydrogens is 447 g/mol. The van der Waals surface area contributed by atoms with Crippen LogP contribution in [0.15, 0.2) is 0 Å². The third-order valence-corrected chi connectivity index (χ3v) is 3.58. The van der Waals surface area contributed by atoms with Gasteiger partial charge in [-0.05, 0) is 12.2 Å². The Hall–Kier alpha value is 3.36. The molecule has 0 aromatic rings. The standard InChI is InChI=1S/C12H26S.2K.H2O8S2/c1-2-3-4-5-6-7-8-9-10-11-12-13;;;1-9(2,3)7-8-10(4,5)6/h13H,2-12H2,1H3;;;(H,1,2,3)(H,4,5,6)/q;2*+1;/p-2. The molecule has 0 heterocycles. The normalized spacial score (nSPS) is 10.9. The van der Waals surface area contributed by atoms with Crippen molar-refractivity contribution in [2.24, 2.45) is 0 Å². The minimum absolute atomic E-state index is 0. The maximum absolute atomic E-state index is 9.37. The second kappa shape index (κ2) is 23.6. The average molecular weight is 473 g/mol. The van der Waals surface area contributed by atoms with Crippen LogP contribution in [-0.2, 0) is 29.5 Å². The Kier molecular flexibility index (Phi) is 33.8. The van der Waals surface area contributed by atoms with Gasteiger partial charge in [-0.1, -0.05) is 64.7 Å². The van der Waals surface area contributed by atoms with Crippen molar-refractivity contribution in [1.82, 2.24) is 0 Å². The average Bonchev–Trinajstić information content (AvgIpc) is 2.43. The molecule has 0 bridgehead atoms. The smallest absolute Gasteiger partial charge is 0.724 e. The summed E-state index contributed by atoms with van der Waals surface area (Å²) in [5, 5.41) is 0. The van der Waals surface area contributed by atoms with Crippen LogP contribution in [0.2, 0.25) is 0 Å². The topological polar surface area (TPSA) is 133 Å². The molecule has 0 atom stereocenters. The van der Waals surface area contributed by atoms with Gasteiger partial charge in [0, 0.05) is 0 Å². The minimum atomic E-state index is -5.31. The molecule has 0 unspecified atom stereocenters. The van der Waals surface area contributed by atoms with Gasteiger partial charge in [-0.15, -0.1) is 8.67 Å². The van der Waals surface area contributed by atoms with E-state index in [0.29, 0.717) is 0 Å². The molecule has 0 aromatic carbocycles. The van der Waals surface area contributed by atoms with Gasteiger partial charge in [0.1, 0.15) is 0 Å². The van der Waals surface area contributed by atoms with Crippen molar-refractivity contribution < 1.29 is 137 Å². The van der Waals surface area contributed by atoms with Crippen LogP contribution in [0, 0.1) is 0 Å². The van der Waals surface area contributed by atoms with Gasteiger partial charge in [-0.3, -0.25) is 0 Å². The molecule has 25 heavy (non-hydrogen) atoms. The van der Waals surface area contributed by atoms with Crippen LogP contribution in [0.1, 0.15) is 71.1 Å². The Morgan fingerprint density at radius 1 is 0.680 bits per heavy atom. The van der Waals surface area contributed by atoms with E-state index in [1.165, 1.54) is 64.2 Å². The first-order chi connectivity index (χ1) is 10.6. The molecule has 0 saturated heterocycles. The maximum atomic E-state index is 9.37. The van der Waals surface area contributed by atoms with E-state index in [1.54, 1.807) is 0 Å². The van der Waals surface area contributed by atoms with Crippen molar-refractivity contribution in [3.63, 3.8) is 0 Å². The van der Waals surface area contributed by atoms with Gasteiger partial charge in [0.2, 0.25) is 20.8 Å². The van der Waals surface area contributed by atoms with Gasteiger partial charge in [0.25, 0.3) is 0 Å². The van der Waals surface area contributed by atoms with E-state index in [4.69, 9.17) is 0 Å². The van der Waals surface area contributed by atoms with Crippen LogP contribution in [0.25, 0.3) is 0 Å². The molecule has 142 valence electrons. The molecule has 0 radical (unpaired) electrons. The minimum Gasteiger partial charge on any atom is -0.724 e. The fourth-order valence-electron chi connectivity index (χ4n) is 1.67. The number of unbranched alkanes of at least 4 members (excludes halogenated alkanes) is 9. The summed E-state index contributed by atoms with van der Waals surface area (Å²) in [5.74, 6) is 1.07. The van der Waals surface area contributed by atoms with Crippen molar-refractivity contribution in [3.05, 3.63) is 0 Å². The van der Waals surface area contributed by atoms with Gasteiger partial charge in [-0.25, -0.2) is 16.8 Å². The van der Waals surface area contributed by atoms with E-state index in [0.717, 1.165) is 5.75 Å². The SMILES string of the molecule is CCCCCCCCCCCCS.O=S(=O)([O-])OOS(=O)(=O)[O-].[K+].[K+]. The van der Waals surface area contributed by atoms with E-state index in [2.05, 4.69) is 28.2 Å². The van der Waals surface area contributed by atoms with Crippen LogP contribution >= 0.6 is 12.6 Å². The summed E-state index contributed by atoms with van der Waals surface area (Å²) in [6, 6.07) is 0. The first-order valence-corrected chi connectivity index (χ1v) is 10.8. The third kappa shape index (κ3) is 42.5. The van der Waals surface area contributed by atoms with Crippen LogP contribution in [0.4, 0.5) is 0 Å². The number of hydrogen-bond acceptors (Lipinski definition) is 9. The van der Waals surface area contributed by atoms with Crippen molar-refractivity contribution >= 4 is 33.4 Å². The van der Waals surface area contributed by atoms with Gasteiger partial charge >= 0.3 is 103 Å². The molecule has 0 aromatic heterocycles. The van der Waals surface area contributed by atoms with Crippen LogP contribution in [0.5, 0.6) is 0 Å². The molecule has 0 saturated carbocycles. The largest absolute Gasteiger partial charge is 1.00 e. The fraction of sp³-hybridized carbons (Fsp3) is 1.00. The summed E-state index contributed by atoms with van der Waals surface area (Å²) in [6.45, 7) is 2.28. The number of thiol groups is 1. The molecule has 0 aliphatic rings. The molecule has 13 heteroatoms. The molecule has 0 aliphatic carbocycles. The number of rotatable bonds is 13. The fourth-order valence-corrected chi connectivity index (χ4v) is 2.44. The Bertz CT molecular complexity index is 415. The molecule has 0 N–H and O–H groups in total. The van der Waals surface area contributed by atoms with Crippen LogP contribution in [-0.4, -0.2) is 31.7 Å². The Labute approximate surface area is 243 Å². The quantitative estimate of drug-likeness (QED) is 0.0561. The zero-order valence-electron chi connectivity index (χ0n) is 15.3. The monoisotopic (exact) mass is 472 g/mol. The van der Waals surface area contributed by atoms with E-state index in [1.807, 2.05) is 0 Å². The summed E-state index contributed by atoms with van der Waals surface area (Å²) in [6.07, 6.45) is 14.2. The van der Waals surface area contributed by atoms with E-state index in [-0.39, 0.29) is 103 Å². The van der Waals surface area contributed by atoms with Gasteiger partial charge in [0.05, 0.1) is 0 Å². The van der Waals surface area contributed by atoms with Crippen molar-refractivity contribution in [3.8, 4) is 0 Å². The van der Waals surface area contributed by atoms with E-state index in [9.17, 15) is 25.9 Å². The summed E-state index contributed by atoms with van der Waals surface area (Å²) < 4.78 is 61.5. The van der Waals surface area contributed by atoms with Gasteiger partial charge < -0.3 is 9.11 Å².